The second-order valence-corrected chi connectivity index (χ2v) is 8.54. The standard InChI is InChI=1S/C27H28FN3/c28-25-10-5-20(6-11-25)19-30-13-15-31(16-14-30)27(21-7-8-21)12-9-24-17-22-3-1-2-4-23(22)18-26(24)29/h1-6,9-12,17-18H,7-8,13-16,19,29H2/b12-9+. The zero-order valence-corrected chi connectivity index (χ0v) is 17.7. The van der Waals surface area contributed by atoms with E-state index in [0.717, 1.165) is 44.0 Å². The fourth-order valence-corrected chi connectivity index (χ4v) is 4.35. The average molecular weight is 414 g/mol. The fourth-order valence-electron chi connectivity index (χ4n) is 4.35. The maximum atomic E-state index is 13.1. The summed E-state index contributed by atoms with van der Waals surface area (Å²) in [7, 11) is 0. The molecule has 1 aliphatic heterocycles. The molecule has 0 bridgehead atoms. The van der Waals surface area contributed by atoms with Gasteiger partial charge in [-0.05, 0) is 70.7 Å². The summed E-state index contributed by atoms with van der Waals surface area (Å²) in [5.41, 5.74) is 12.3. The zero-order valence-electron chi connectivity index (χ0n) is 17.7. The molecule has 0 spiro atoms. The second kappa shape index (κ2) is 8.56. The highest BCUT2D eigenvalue weighted by atomic mass is 19.1. The van der Waals surface area contributed by atoms with E-state index in [4.69, 9.17) is 5.73 Å². The molecule has 3 aromatic carbocycles. The summed E-state index contributed by atoms with van der Waals surface area (Å²) in [6.45, 7) is 4.93. The third-order valence-electron chi connectivity index (χ3n) is 6.27. The van der Waals surface area contributed by atoms with Crippen LogP contribution >= 0.6 is 0 Å². The lowest BCUT2D eigenvalue weighted by atomic mass is 10.0. The molecule has 158 valence electrons. The van der Waals surface area contributed by atoms with Crippen molar-refractivity contribution in [3.63, 3.8) is 0 Å². The molecular weight excluding hydrogens is 385 g/mol. The molecule has 1 saturated heterocycles. The number of hydrogen-bond acceptors (Lipinski definition) is 3. The Morgan fingerprint density at radius 2 is 1.58 bits per heavy atom. The number of fused-ring (bicyclic) bond motifs is 1. The van der Waals surface area contributed by atoms with Gasteiger partial charge in [0.25, 0.3) is 0 Å². The quantitative estimate of drug-likeness (QED) is 0.565. The van der Waals surface area contributed by atoms with E-state index in [1.54, 1.807) is 17.7 Å². The van der Waals surface area contributed by atoms with Crippen molar-refractivity contribution < 1.29 is 4.39 Å². The van der Waals surface area contributed by atoms with E-state index in [1.165, 1.54) is 34.9 Å². The number of benzene rings is 3. The first-order valence-corrected chi connectivity index (χ1v) is 11.1. The van der Waals surface area contributed by atoms with Crippen LogP contribution in [0.3, 0.4) is 0 Å². The second-order valence-electron chi connectivity index (χ2n) is 8.54. The Bertz CT molecular complexity index is 1130. The lowest BCUT2D eigenvalue weighted by molar-refractivity contribution is 0.155. The maximum absolute atomic E-state index is 13.1. The Balaban J connectivity index is 1.27. The molecule has 4 heteroatoms. The summed E-state index contributed by atoms with van der Waals surface area (Å²) in [5, 5.41) is 2.39. The van der Waals surface area contributed by atoms with Crippen molar-refractivity contribution in [2.24, 2.45) is 0 Å². The van der Waals surface area contributed by atoms with Gasteiger partial charge in [0.2, 0.25) is 0 Å². The summed E-state index contributed by atoms with van der Waals surface area (Å²) in [6, 6.07) is 19.4. The van der Waals surface area contributed by atoms with Crippen molar-refractivity contribution in [1.29, 1.82) is 0 Å². The van der Waals surface area contributed by atoms with Crippen molar-refractivity contribution in [2.75, 3.05) is 31.9 Å². The van der Waals surface area contributed by atoms with Gasteiger partial charge in [-0.25, -0.2) is 4.39 Å². The van der Waals surface area contributed by atoms with Gasteiger partial charge in [0, 0.05) is 44.1 Å². The lowest BCUT2D eigenvalue weighted by Crippen LogP contribution is -2.45. The predicted octanol–water partition coefficient (Wildman–Crippen LogP) is 5.44. The molecule has 0 radical (unpaired) electrons. The number of nitrogens with two attached hydrogens (primary N) is 1. The fraction of sp³-hybridized carbons (Fsp3) is 0.259. The molecule has 2 fully saturated rings. The number of halogens is 1. The smallest absolute Gasteiger partial charge is 0.123 e. The topological polar surface area (TPSA) is 32.5 Å². The van der Waals surface area contributed by atoms with Gasteiger partial charge in [-0.1, -0.05) is 42.5 Å². The van der Waals surface area contributed by atoms with Gasteiger partial charge in [0.15, 0.2) is 0 Å². The van der Waals surface area contributed by atoms with Gasteiger partial charge in [-0.15, -0.1) is 0 Å². The molecule has 0 unspecified atom stereocenters. The summed E-state index contributed by atoms with van der Waals surface area (Å²) in [4.78, 5) is 4.96. The molecule has 0 aromatic heterocycles. The van der Waals surface area contributed by atoms with E-state index >= 15 is 0 Å². The van der Waals surface area contributed by atoms with Crippen molar-refractivity contribution in [1.82, 2.24) is 9.80 Å². The van der Waals surface area contributed by atoms with Gasteiger partial charge >= 0.3 is 0 Å². The summed E-state index contributed by atoms with van der Waals surface area (Å²) in [6.07, 6.45) is 6.83. The van der Waals surface area contributed by atoms with E-state index in [2.05, 4.69) is 52.3 Å². The summed E-state index contributed by atoms with van der Waals surface area (Å²) >= 11 is 0. The van der Waals surface area contributed by atoms with E-state index in [9.17, 15) is 4.39 Å². The number of hydrogen-bond donors (Lipinski definition) is 1. The van der Waals surface area contributed by atoms with Crippen LogP contribution in [0.15, 0.2) is 78.0 Å². The van der Waals surface area contributed by atoms with Crippen molar-refractivity contribution in [3.8, 4) is 0 Å². The van der Waals surface area contributed by atoms with Crippen LogP contribution in [0, 0.1) is 5.82 Å². The minimum absolute atomic E-state index is 0.173. The first-order chi connectivity index (χ1) is 15.2. The Labute approximate surface area is 183 Å². The number of piperazine rings is 1. The Hall–Kier alpha value is -3.11. The van der Waals surface area contributed by atoms with Crippen LogP contribution in [0.5, 0.6) is 0 Å². The molecule has 1 saturated carbocycles. The van der Waals surface area contributed by atoms with E-state index in [-0.39, 0.29) is 5.82 Å². The van der Waals surface area contributed by atoms with E-state index < -0.39 is 0 Å². The summed E-state index contributed by atoms with van der Waals surface area (Å²) < 4.78 is 13.1. The molecule has 5 rings (SSSR count). The summed E-state index contributed by atoms with van der Waals surface area (Å²) in [5.74, 6) is -0.173. The Morgan fingerprint density at radius 3 is 2.26 bits per heavy atom. The van der Waals surface area contributed by atoms with Crippen LogP contribution < -0.4 is 5.73 Å². The van der Waals surface area contributed by atoms with Crippen molar-refractivity contribution in [3.05, 3.63) is 95.0 Å². The molecule has 1 aliphatic carbocycles. The number of allylic oxidation sites excluding steroid dienone is 2. The molecule has 3 nitrogen and oxygen atoms in total. The van der Waals surface area contributed by atoms with Crippen LogP contribution in [0.25, 0.3) is 16.8 Å². The highest BCUT2D eigenvalue weighted by molar-refractivity contribution is 5.89. The third-order valence-corrected chi connectivity index (χ3v) is 6.27. The number of anilines is 1. The van der Waals surface area contributed by atoms with Crippen LogP contribution in [0.2, 0.25) is 0 Å². The zero-order chi connectivity index (χ0) is 21.2. The highest BCUT2D eigenvalue weighted by Gasteiger charge is 2.24. The molecule has 2 N–H and O–H groups in total. The van der Waals surface area contributed by atoms with Gasteiger partial charge in [-0.2, -0.15) is 0 Å². The van der Waals surface area contributed by atoms with Gasteiger partial charge in [0.05, 0.1) is 0 Å². The van der Waals surface area contributed by atoms with Crippen LogP contribution in [-0.2, 0) is 6.54 Å². The number of rotatable bonds is 5. The molecule has 31 heavy (non-hydrogen) atoms. The van der Waals surface area contributed by atoms with Crippen molar-refractivity contribution in [2.45, 2.75) is 19.4 Å². The van der Waals surface area contributed by atoms with E-state index in [1.807, 2.05) is 18.2 Å². The maximum Gasteiger partial charge on any atom is 0.123 e. The largest absolute Gasteiger partial charge is 0.398 e. The van der Waals surface area contributed by atoms with Crippen LogP contribution in [0.4, 0.5) is 10.1 Å². The SMILES string of the molecule is Nc1cc2ccccc2cc1/C=C/C(=C1CC1)N1CCN(Cc2ccc(F)cc2)CC1. The third kappa shape index (κ3) is 4.64. The van der Waals surface area contributed by atoms with Gasteiger partial charge < -0.3 is 10.6 Å². The molecule has 1 heterocycles. The number of nitrogens with zero attached hydrogens (tertiary/aromatic N) is 2. The number of nitrogen functional groups attached to an aromatic ring is 1. The predicted molar refractivity (Wildman–Crippen MR) is 127 cm³/mol. The normalized spacial score (nSPS) is 16.9. The van der Waals surface area contributed by atoms with Gasteiger partial charge in [-0.3, -0.25) is 4.90 Å². The lowest BCUT2D eigenvalue weighted by Gasteiger charge is -2.36. The average Bonchev–Trinajstić information content (AvgIpc) is 3.62. The van der Waals surface area contributed by atoms with Crippen LogP contribution in [0.1, 0.15) is 24.0 Å². The van der Waals surface area contributed by atoms with Gasteiger partial charge in [0.1, 0.15) is 5.82 Å². The molecule has 0 amide bonds. The molecular formula is C27H28FN3. The van der Waals surface area contributed by atoms with E-state index in [0.29, 0.717) is 0 Å². The first kappa shape index (κ1) is 19.8. The Kier molecular flexibility index (Phi) is 5.47. The Morgan fingerprint density at radius 1 is 0.903 bits per heavy atom. The monoisotopic (exact) mass is 413 g/mol. The van der Waals surface area contributed by atoms with Crippen LogP contribution in [-0.4, -0.2) is 36.0 Å². The molecule has 0 atom stereocenters. The minimum Gasteiger partial charge on any atom is -0.398 e. The minimum atomic E-state index is -0.173. The van der Waals surface area contributed by atoms with Crippen molar-refractivity contribution >= 4 is 22.5 Å². The molecule has 2 aliphatic rings. The molecule has 3 aromatic rings. The highest BCUT2D eigenvalue weighted by Crippen LogP contribution is 2.35. The first-order valence-electron chi connectivity index (χ1n) is 11.1.